The lowest BCUT2D eigenvalue weighted by Crippen LogP contribution is -1.84. The minimum absolute atomic E-state index is 0.704. The second-order valence-corrected chi connectivity index (χ2v) is 3.85. The minimum atomic E-state index is 0.704. The Morgan fingerprint density at radius 2 is 1.58 bits per heavy atom. The Kier molecular flexibility index (Phi) is 4.11. The van der Waals surface area contributed by atoms with Crippen molar-refractivity contribution in [2.24, 2.45) is 0 Å². The number of rotatable bonds is 1. The minimum Gasteiger partial charge on any atom is -0.497 e. The van der Waals surface area contributed by atoms with Crippen LogP contribution in [0.2, 0.25) is 0 Å². The number of benzene rings is 2. The third-order valence-electron chi connectivity index (χ3n) is 2.45. The van der Waals surface area contributed by atoms with Crippen molar-refractivity contribution in [2.75, 3.05) is 12.8 Å². The molecule has 2 aromatic rings. The van der Waals surface area contributed by atoms with Crippen LogP contribution in [0.3, 0.4) is 0 Å². The highest BCUT2D eigenvalue weighted by molar-refractivity contribution is 5.50. The lowest BCUT2D eigenvalue weighted by molar-refractivity contribution is 0.415. The van der Waals surface area contributed by atoms with Crippen LogP contribution >= 0.6 is 0 Å². The van der Waals surface area contributed by atoms with E-state index < -0.39 is 0 Å². The molecule has 0 atom stereocenters. The van der Waals surface area contributed by atoms with Crippen LogP contribution in [-0.4, -0.2) is 7.11 Å². The van der Waals surface area contributed by atoms with E-state index in [1.807, 2.05) is 48.5 Å². The molecule has 0 radical (unpaired) electrons. The van der Waals surface area contributed by atoms with Crippen molar-refractivity contribution in [1.29, 1.82) is 0 Å². The molecule has 2 N–H and O–H groups in total. The van der Waals surface area contributed by atoms with Crippen LogP contribution < -0.4 is 10.5 Å². The molecular formula is C17H13NO. The quantitative estimate of drug-likeness (QED) is 0.621. The predicted octanol–water partition coefficient (Wildman–Crippen LogP) is 2.68. The molecule has 0 unspecified atom stereocenters. The summed E-state index contributed by atoms with van der Waals surface area (Å²) >= 11 is 0. The Morgan fingerprint density at radius 3 is 2.21 bits per heavy atom. The van der Waals surface area contributed by atoms with Crippen molar-refractivity contribution in [3.63, 3.8) is 0 Å². The van der Waals surface area contributed by atoms with E-state index in [9.17, 15) is 0 Å². The number of nitrogens with two attached hydrogens (primary N) is 1. The van der Waals surface area contributed by atoms with Crippen LogP contribution in [0.25, 0.3) is 0 Å². The molecule has 2 rings (SSSR count). The Morgan fingerprint density at radius 1 is 0.895 bits per heavy atom. The van der Waals surface area contributed by atoms with E-state index in [0.29, 0.717) is 5.69 Å². The molecule has 0 bridgehead atoms. The molecule has 0 aliphatic rings. The molecule has 0 aliphatic carbocycles. The molecule has 0 spiro atoms. The number of hydrogen-bond acceptors (Lipinski definition) is 2. The third kappa shape index (κ3) is 3.84. The average Bonchev–Trinajstić information content (AvgIpc) is 2.44. The first-order valence-corrected chi connectivity index (χ1v) is 5.79. The van der Waals surface area contributed by atoms with Gasteiger partial charge in [-0.2, -0.15) is 0 Å². The van der Waals surface area contributed by atoms with Crippen LogP contribution in [0.1, 0.15) is 11.1 Å². The van der Waals surface area contributed by atoms with Crippen molar-refractivity contribution in [3.05, 3.63) is 59.7 Å². The van der Waals surface area contributed by atoms with Gasteiger partial charge < -0.3 is 10.5 Å². The summed E-state index contributed by atoms with van der Waals surface area (Å²) in [6.07, 6.45) is 0. The van der Waals surface area contributed by atoms with E-state index in [-0.39, 0.29) is 0 Å². The predicted molar refractivity (Wildman–Crippen MR) is 77.6 cm³/mol. The maximum Gasteiger partial charge on any atom is 0.118 e. The van der Waals surface area contributed by atoms with Crippen molar-refractivity contribution < 1.29 is 4.74 Å². The van der Waals surface area contributed by atoms with E-state index in [4.69, 9.17) is 10.5 Å². The Bertz CT molecular complexity index is 679. The molecule has 0 aromatic heterocycles. The maximum atomic E-state index is 5.67. The van der Waals surface area contributed by atoms with E-state index in [2.05, 4.69) is 23.7 Å². The first kappa shape index (κ1) is 12.6. The van der Waals surface area contributed by atoms with Crippen molar-refractivity contribution in [1.82, 2.24) is 0 Å². The van der Waals surface area contributed by atoms with Gasteiger partial charge in [0.05, 0.1) is 7.11 Å². The summed E-state index contributed by atoms with van der Waals surface area (Å²) in [5, 5.41) is 0. The van der Waals surface area contributed by atoms with Gasteiger partial charge in [0.2, 0.25) is 0 Å². The highest BCUT2D eigenvalue weighted by Gasteiger charge is 1.89. The lowest BCUT2D eigenvalue weighted by Gasteiger charge is -1.96. The van der Waals surface area contributed by atoms with Crippen molar-refractivity contribution >= 4 is 5.69 Å². The summed E-state index contributed by atoms with van der Waals surface area (Å²) in [7, 11) is 1.64. The van der Waals surface area contributed by atoms with E-state index in [0.717, 1.165) is 16.9 Å². The first-order chi connectivity index (χ1) is 9.28. The zero-order valence-electron chi connectivity index (χ0n) is 10.6. The summed E-state index contributed by atoms with van der Waals surface area (Å²) in [5.74, 6) is 12.4. The van der Waals surface area contributed by atoms with Crippen molar-refractivity contribution in [2.45, 2.75) is 0 Å². The molecular weight excluding hydrogens is 234 g/mol. The van der Waals surface area contributed by atoms with Crippen LogP contribution in [0.5, 0.6) is 5.75 Å². The van der Waals surface area contributed by atoms with Crippen LogP contribution in [0.15, 0.2) is 48.5 Å². The van der Waals surface area contributed by atoms with E-state index >= 15 is 0 Å². The van der Waals surface area contributed by atoms with Gasteiger partial charge in [-0.05, 0) is 54.3 Å². The molecule has 92 valence electrons. The van der Waals surface area contributed by atoms with E-state index in [1.165, 1.54) is 0 Å². The molecule has 0 heterocycles. The smallest absolute Gasteiger partial charge is 0.118 e. The van der Waals surface area contributed by atoms with Gasteiger partial charge in [-0.25, -0.2) is 0 Å². The van der Waals surface area contributed by atoms with E-state index in [1.54, 1.807) is 7.11 Å². The highest BCUT2D eigenvalue weighted by atomic mass is 16.5. The summed E-state index contributed by atoms with van der Waals surface area (Å²) in [6.45, 7) is 0. The summed E-state index contributed by atoms with van der Waals surface area (Å²) in [4.78, 5) is 0. The molecule has 2 aromatic carbocycles. The van der Waals surface area contributed by atoms with Gasteiger partial charge >= 0.3 is 0 Å². The lowest BCUT2D eigenvalue weighted by atomic mass is 10.2. The average molecular weight is 247 g/mol. The molecule has 0 saturated heterocycles. The molecule has 0 fully saturated rings. The number of anilines is 1. The normalized spacial score (nSPS) is 8.68. The molecule has 2 nitrogen and oxygen atoms in total. The first-order valence-electron chi connectivity index (χ1n) is 5.79. The Labute approximate surface area is 113 Å². The number of methoxy groups -OCH3 is 1. The zero-order chi connectivity index (χ0) is 13.5. The van der Waals surface area contributed by atoms with Crippen LogP contribution in [0, 0.1) is 23.7 Å². The molecule has 0 amide bonds. The third-order valence-corrected chi connectivity index (χ3v) is 2.45. The Balaban J connectivity index is 2.09. The monoisotopic (exact) mass is 247 g/mol. The molecule has 19 heavy (non-hydrogen) atoms. The standard InChI is InChI=1S/C17H13NO/c1-19-17-11-9-14(10-12-17)5-2-3-6-15-7-4-8-16(18)13-15/h4,7-13H,18H2,1H3. The van der Waals surface area contributed by atoms with Gasteiger partial charge in [0.25, 0.3) is 0 Å². The summed E-state index contributed by atoms with van der Waals surface area (Å²) < 4.78 is 5.08. The Hall–Kier alpha value is -2.84. The number of hydrogen-bond donors (Lipinski definition) is 1. The van der Waals surface area contributed by atoms with Crippen LogP contribution in [-0.2, 0) is 0 Å². The molecule has 2 heteroatoms. The van der Waals surface area contributed by atoms with Gasteiger partial charge in [-0.3, -0.25) is 0 Å². The second kappa shape index (κ2) is 6.19. The fourth-order valence-electron chi connectivity index (χ4n) is 1.50. The zero-order valence-corrected chi connectivity index (χ0v) is 10.6. The number of ether oxygens (including phenoxy) is 1. The van der Waals surface area contributed by atoms with Gasteiger partial charge in [-0.1, -0.05) is 17.9 Å². The van der Waals surface area contributed by atoms with Crippen molar-refractivity contribution in [3.8, 4) is 29.4 Å². The molecule has 0 aliphatic heterocycles. The van der Waals surface area contributed by atoms with Crippen LogP contribution in [0.4, 0.5) is 5.69 Å². The highest BCUT2D eigenvalue weighted by Crippen LogP contribution is 2.10. The SMILES string of the molecule is COc1ccc(C#CC#Cc2cccc(N)c2)cc1. The van der Waals surface area contributed by atoms with Gasteiger partial charge in [0.1, 0.15) is 5.75 Å². The number of nitrogen functional groups attached to an aromatic ring is 1. The maximum absolute atomic E-state index is 5.67. The topological polar surface area (TPSA) is 35.2 Å². The largest absolute Gasteiger partial charge is 0.497 e. The van der Waals surface area contributed by atoms with Gasteiger partial charge in [0, 0.05) is 16.8 Å². The fourth-order valence-corrected chi connectivity index (χ4v) is 1.50. The summed E-state index contributed by atoms with van der Waals surface area (Å²) in [5.41, 5.74) is 8.14. The van der Waals surface area contributed by atoms with Gasteiger partial charge in [-0.15, -0.1) is 0 Å². The second-order valence-electron chi connectivity index (χ2n) is 3.85. The van der Waals surface area contributed by atoms with Gasteiger partial charge in [0.15, 0.2) is 0 Å². The fraction of sp³-hybridized carbons (Fsp3) is 0.0588. The molecule has 0 saturated carbocycles. The summed E-state index contributed by atoms with van der Waals surface area (Å²) in [6, 6.07) is 15.0.